The Morgan fingerprint density at radius 3 is 2.64 bits per heavy atom. The van der Waals surface area contributed by atoms with Crippen LogP contribution in [0, 0.1) is 13.8 Å². The Morgan fingerprint density at radius 2 is 2.00 bits per heavy atom. The summed E-state index contributed by atoms with van der Waals surface area (Å²) in [5.41, 5.74) is 2.60. The molecule has 0 aliphatic carbocycles. The molecule has 0 atom stereocenters. The molecule has 0 radical (unpaired) electrons. The predicted octanol–water partition coefficient (Wildman–Crippen LogP) is 3.29. The van der Waals surface area contributed by atoms with Gasteiger partial charge >= 0.3 is 0 Å². The van der Waals surface area contributed by atoms with Crippen LogP contribution in [0.15, 0.2) is 41.2 Å². The number of carbonyl (C=O) groups is 1. The number of aryl methyl sites for hydroxylation is 3. The number of hydrogen-bond acceptors (Lipinski definition) is 4. The molecule has 3 rings (SSSR count). The van der Waals surface area contributed by atoms with Crippen molar-refractivity contribution in [1.82, 2.24) is 19.3 Å². The second-order valence-electron chi connectivity index (χ2n) is 6.62. The van der Waals surface area contributed by atoms with Crippen molar-refractivity contribution in [2.75, 3.05) is 5.32 Å². The SMILES string of the molecule is CCCc1cc(=O)n(CC(=O)Nc2cccc(Cl)c2)c(-n2nc(C)cc2C)n1. The number of nitrogens with one attached hydrogen (secondary N) is 1. The zero-order valence-corrected chi connectivity index (χ0v) is 16.8. The van der Waals surface area contributed by atoms with Crippen molar-refractivity contribution >= 4 is 23.2 Å². The summed E-state index contributed by atoms with van der Waals surface area (Å²) in [7, 11) is 0. The van der Waals surface area contributed by atoms with E-state index in [1.807, 2.05) is 26.8 Å². The van der Waals surface area contributed by atoms with Crippen LogP contribution in [0.5, 0.6) is 0 Å². The Hall–Kier alpha value is -2.93. The van der Waals surface area contributed by atoms with Crippen molar-refractivity contribution in [2.45, 2.75) is 40.2 Å². The standard InChI is InChI=1S/C20H22ClN5O2/c1-4-6-16-11-19(28)25(20(23-16)26-14(3)9-13(2)24-26)12-18(27)22-17-8-5-7-15(21)10-17/h5,7-11H,4,6,12H2,1-3H3,(H,22,27). The first-order chi connectivity index (χ1) is 13.4. The molecule has 1 N–H and O–H groups in total. The minimum absolute atomic E-state index is 0.182. The van der Waals surface area contributed by atoms with Crippen molar-refractivity contribution in [2.24, 2.45) is 0 Å². The van der Waals surface area contributed by atoms with E-state index >= 15 is 0 Å². The van der Waals surface area contributed by atoms with E-state index in [-0.39, 0.29) is 18.0 Å². The molecule has 0 unspecified atom stereocenters. The Labute approximate surface area is 168 Å². The van der Waals surface area contributed by atoms with E-state index in [9.17, 15) is 9.59 Å². The number of hydrogen-bond donors (Lipinski definition) is 1. The maximum atomic E-state index is 12.7. The van der Waals surface area contributed by atoms with Gasteiger partial charge < -0.3 is 5.32 Å². The van der Waals surface area contributed by atoms with Gasteiger partial charge in [-0.2, -0.15) is 5.10 Å². The van der Waals surface area contributed by atoms with E-state index in [2.05, 4.69) is 15.4 Å². The highest BCUT2D eigenvalue weighted by atomic mass is 35.5. The van der Waals surface area contributed by atoms with Gasteiger partial charge in [-0.1, -0.05) is 31.0 Å². The van der Waals surface area contributed by atoms with Crippen LogP contribution in [0.4, 0.5) is 5.69 Å². The normalized spacial score (nSPS) is 10.9. The molecule has 146 valence electrons. The first kappa shape index (κ1) is 19.8. The average Bonchev–Trinajstić information content (AvgIpc) is 2.95. The molecule has 0 bridgehead atoms. The third kappa shape index (κ3) is 4.48. The number of nitrogens with zero attached hydrogens (tertiary/aromatic N) is 4. The lowest BCUT2D eigenvalue weighted by molar-refractivity contribution is -0.116. The molecule has 2 heterocycles. The van der Waals surface area contributed by atoms with Gasteiger partial charge in [0.25, 0.3) is 5.56 Å². The molecule has 1 amide bonds. The number of benzene rings is 1. The lowest BCUT2D eigenvalue weighted by atomic mass is 10.2. The number of carbonyl (C=O) groups excluding carboxylic acids is 1. The summed E-state index contributed by atoms with van der Waals surface area (Å²) in [5.74, 6) is -0.0139. The summed E-state index contributed by atoms with van der Waals surface area (Å²) < 4.78 is 2.93. The fourth-order valence-electron chi connectivity index (χ4n) is 2.98. The minimum atomic E-state index is -0.350. The van der Waals surface area contributed by atoms with Crippen LogP contribution in [0.2, 0.25) is 5.02 Å². The molecule has 0 aliphatic rings. The molecule has 0 spiro atoms. The van der Waals surface area contributed by atoms with Crippen LogP contribution >= 0.6 is 11.6 Å². The molecule has 0 saturated heterocycles. The number of amides is 1. The Kier molecular flexibility index (Phi) is 5.94. The number of aromatic nitrogens is 4. The molecule has 2 aromatic heterocycles. The van der Waals surface area contributed by atoms with Crippen LogP contribution in [-0.4, -0.2) is 25.2 Å². The van der Waals surface area contributed by atoms with Crippen molar-refractivity contribution < 1.29 is 4.79 Å². The third-order valence-electron chi connectivity index (χ3n) is 4.16. The van der Waals surface area contributed by atoms with Gasteiger partial charge in [0.05, 0.1) is 5.69 Å². The smallest absolute Gasteiger partial charge is 0.255 e. The van der Waals surface area contributed by atoms with Gasteiger partial charge in [-0.15, -0.1) is 0 Å². The highest BCUT2D eigenvalue weighted by molar-refractivity contribution is 6.30. The van der Waals surface area contributed by atoms with Gasteiger partial charge in [-0.3, -0.25) is 14.2 Å². The molecule has 7 nitrogen and oxygen atoms in total. The Balaban J connectivity index is 1.98. The van der Waals surface area contributed by atoms with Gasteiger partial charge in [0.15, 0.2) is 0 Å². The quantitative estimate of drug-likeness (QED) is 0.689. The summed E-state index contributed by atoms with van der Waals surface area (Å²) in [4.78, 5) is 29.9. The van der Waals surface area contributed by atoms with Gasteiger partial charge in [0.1, 0.15) is 6.54 Å². The summed E-state index contributed by atoms with van der Waals surface area (Å²) in [6.07, 6.45) is 1.54. The van der Waals surface area contributed by atoms with Crippen LogP contribution in [-0.2, 0) is 17.8 Å². The molecular formula is C20H22ClN5O2. The van der Waals surface area contributed by atoms with Crippen molar-refractivity contribution in [3.8, 4) is 5.95 Å². The molecule has 0 saturated carbocycles. The van der Waals surface area contributed by atoms with Gasteiger partial charge in [0.2, 0.25) is 11.9 Å². The first-order valence-corrected chi connectivity index (χ1v) is 9.45. The maximum Gasteiger partial charge on any atom is 0.255 e. The Morgan fingerprint density at radius 1 is 1.21 bits per heavy atom. The van der Waals surface area contributed by atoms with Gasteiger partial charge in [-0.25, -0.2) is 9.67 Å². The molecule has 8 heteroatoms. The average molecular weight is 400 g/mol. The Bertz CT molecular complexity index is 1070. The summed E-state index contributed by atoms with van der Waals surface area (Å²) in [6.45, 7) is 5.59. The van der Waals surface area contributed by atoms with E-state index in [0.29, 0.717) is 28.8 Å². The van der Waals surface area contributed by atoms with Gasteiger partial charge in [-0.05, 0) is 44.5 Å². The van der Waals surface area contributed by atoms with E-state index in [4.69, 9.17) is 11.6 Å². The monoisotopic (exact) mass is 399 g/mol. The van der Waals surface area contributed by atoms with Crippen LogP contribution in [0.1, 0.15) is 30.4 Å². The summed E-state index contributed by atoms with van der Waals surface area (Å²) >= 11 is 5.96. The molecule has 0 aliphatic heterocycles. The zero-order valence-electron chi connectivity index (χ0n) is 16.1. The van der Waals surface area contributed by atoms with Crippen molar-refractivity contribution in [3.05, 3.63) is 68.9 Å². The third-order valence-corrected chi connectivity index (χ3v) is 4.39. The highest BCUT2D eigenvalue weighted by Crippen LogP contribution is 2.15. The first-order valence-electron chi connectivity index (χ1n) is 9.07. The summed E-state index contributed by atoms with van der Waals surface area (Å²) in [6, 6.07) is 10.2. The largest absolute Gasteiger partial charge is 0.324 e. The number of halogens is 1. The number of rotatable bonds is 6. The van der Waals surface area contributed by atoms with Gasteiger partial charge in [0, 0.05) is 28.2 Å². The fourth-order valence-corrected chi connectivity index (χ4v) is 3.17. The van der Waals surface area contributed by atoms with E-state index in [0.717, 1.165) is 17.8 Å². The highest BCUT2D eigenvalue weighted by Gasteiger charge is 2.16. The molecule has 3 aromatic rings. The second-order valence-corrected chi connectivity index (χ2v) is 7.06. The van der Waals surface area contributed by atoms with E-state index in [1.54, 1.807) is 28.9 Å². The fraction of sp³-hybridized carbons (Fsp3) is 0.300. The second kappa shape index (κ2) is 8.39. The van der Waals surface area contributed by atoms with Crippen LogP contribution < -0.4 is 10.9 Å². The van der Waals surface area contributed by atoms with Crippen molar-refractivity contribution in [3.63, 3.8) is 0 Å². The van der Waals surface area contributed by atoms with E-state index < -0.39 is 0 Å². The topological polar surface area (TPSA) is 81.8 Å². The zero-order chi connectivity index (χ0) is 20.3. The lowest BCUT2D eigenvalue weighted by Gasteiger charge is -2.14. The van der Waals surface area contributed by atoms with Crippen LogP contribution in [0.25, 0.3) is 5.95 Å². The summed E-state index contributed by atoms with van der Waals surface area (Å²) in [5, 5.41) is 7.71. The van der Waals surface area contributed by atoms with E-state index in [1.165, 1.54) is 10.6 Å². The predicted molar refractivity (Wildman–Crippen MR) is 109 cm³/mol. The molecule has 0 fully saturated rings. The van der Waals surface area contributed by atoms with Crippen molar-refractivity contribution in [1.29, 1.82) is 0 Å². The number of anilines is 1. The maximum absolute atomic E-state index is 12.7. The molecule has 28 heavy (non-hydrogen) atoms. The molecule has 1 aromatic carbocycles. The van der Waals surface area contributed by atoms with Crippen LogP contribution in [0.3, 0.4) is 0 Å². The lowest BCUT2D eigenvalue weighted by Crippen LogP contribution is -2.32. The molecular weight excluding hydrogens is 378 g/mol. The minimum Gasteiger partial charge on any atom is -0.324 e.